The van der Waals surface area contributed by atoms with E-state index in [-0.39, 0.29) is 12.0 Å². The van der Waals surface area contributed by atoms with Crippen molar-refractivity contribution >= 4 is 12.1 Å². The van der Waals surface area contributed by atoms with Gasteiger partial charge in [0.2, 0.25) is 0 Å². The van der Waals surface area contributed by atoms with Gasteiger partial charge in [0.25, 0.3) is 0 Å². The number of hydrogen-bond donors (Lipinski definition) is 2. The minimum absolute atomic E-state index is 0.207. The van der Waals surface area contributed by atoms with Gasteiger partial charge in [-0.05, 0) is 73.1 Å². The zero-order valence-corrected chi connectivity index (χ0v) is 20.1. The first-order valence-electron chi connectivity index (χ1n) is 11.9. The van der Waals surface area contributed by atoms with Gasteiger partial charge in [-0.25, -0.2) is 9.59 Å². The molecule has 3 unspecified atom stereocenters. The van der Waals surface area contributed by atoms with Gasteiger partial charge in [-0.1, -0.05) is 13.8 Å². The Morgan fingerprint density at radius 1 is 1.18 bits per heavy atom. The summed E-state index contributed by atoms with van der Waals surface area (Å²) in [5, 5.41) is 11.9. The molecule has 3 atom stereocenters. The van der Waals surface area contributed by atoms with E-state index in [2.05, 4.69) is 36.2 Å². The summed E-state index contributed by atoms with van der Waals surface area (Å²) < 4.78 is 16.7. The lowest BCUT2D eigenvalue weighted by Crippen LogP contribution is -2.48. The Labute approximate surface area is 195 Å². The molecule has 0 bridgehead atoms. The number of carbonyl (C=O) groups is 2. The molecule has 0 radical (unpaired) electrons. The molecule has 1 amide bonds. The first-order valence-corrected chi connectivity index (χ1v) is 11.9. The van der Waals surface area contributed by atoms with E-state index in [4.69, 9.17) is 14.2 Å². The maximum Gasteiger partial charge on any atom is 0.408 e. The molecule has 4 rings (SSSR count). The third-order valence-electron chi connectivity index (χ3n) is 7.48. The van der Waals surface area contributed by atoms with Gasteiger partial charge < -0.3 is 24.6 Å². The summed E-state index contributed by atoms with van der Waals surface area (Å²) in [5.74, 6) is 1.67. The van der Waals surface area contributed by atoms with E-state index >= 15 is 0 Å². The van der Waals surface area contributed by atoms with Crippen molar-refractivity contribution in [1.29, 1.82) is 0 Å². The predicted octanol–water partition coefficient (Wildman–Crippen LogP) is 3.63. The van der Waals surface area contributed by atoms with Crippen molar-refractivity contribution in [3.8, 4) is 11.5 Å². The Morgan fingerprint density at radius 2 is 1.88 bits per heavy atom. The van der Waals surface area contributed by atoms with E-state index < -0.39 is 17.6 Å². The quantitative estimate of drug-likeness (QED) is 0.611. The zero-order chi connectivity index (χ0) is 23.8. The molecule has 8 heteroatoms. The number of hydrogen-bond acceptors (Lipinski definition) is 6. The number of piperidine rings is 1. The van der Waals surface area contributed by atoms with Crippen LogP contribution in [0.3, 0.4) is 0 Å². The van der Waals surface area contributed by atoms with E-state index in [1.54, 1.807) is 14.2 Å². The lowest BCUT2D eigenvalue weighted by atomic mass is 9.74. The van der Waals surface area contributed by atoms with Crippen molar-refractivity contribution in [3.63, 3.8) is 0 Å². The van der Waals surface area contributed by atoms with Crippen LogP contribution < -0.4 is 14.8 Å². The fourth-order valence-electron chi connectivity index (χ4n) is 5.51. The van der Waals surface area contributed by atoms with Crippen LogP contribution >= 0.6 is 0 Å². The average molecular weight is 461 g/mol. The highest BCUT2D eigenvalue weighted by Crippen LogP contribution is 2.45. The lowest BCUT2D eigenvalue weighted by Gasteiger charge is -2.47. The fourth-order valence-corrected chi connectivity index (χ4v) is 5.51. The Bertz CT molecular complexity index is 897. The number of methoxy groups -OCH3 is 2. The number of fused-ring (bicyclic) bond motifs is 3. The number of nitrogens with one attached hydrogen (secondary N) is 1. The molecule has 1 saturated heterocycles. The van der Waals surface area contributed by atoms with Gasteiger partial charge in [-0.3, -0.25) is 4.90 Å². The number of ether oxygens (including phenoxy) is 3. The van der Waals surface area contributed by atoms with Gasteiger partial charge in [-0.2, -0.15) is 0 Å². The molecular formula is C25H36N2O6. The van der Waals surface area contributed by atoms with Crippen LogP contribution in [0, 0.1) is 17.8 Å². The summed E-state index contributed by atoms with van der Waals surface area (Å²) in [4.78, 5) is 26.3. The number of carboxylic acid groups (broad SMARTS) is 1. The van der Waals surface area contributed by atoms with E-state index in [1.807, 2.05) is 0 Å². The topological polar surface area (TPSA) is 97.3 Å². The van der Waals surface area contributed by atoms with Gasteiger partial charge >= 0.3 is 12.1 Å². The van der Waals surface area contributed by atoms with Crippen LogP contribution in [0.25, 0.3) is 0 Å². The third-order valence-corrected chi connectivity index (χ3v) is 7.48. The van der Waals surface area contributed by atoms with Crippen LogP contribution in [0.1, 0.15) is 56.7 Å². The number of carbonyl (C=O) groups excluding carboxylic acids is 1. The minimum Gasteiger partial charge on any atom is -0.493 e. The Morgan fingerprint density at radius 3 is 2.48 bits per heavy atom. The largest absolute Gasteiger partial charge is 0.493 e. The number of carboxylic acids is 1. The molecule has 1 aromatic rings. The summed E-state index contributed by atoms with van der Waals surface area (Å²) >= 11 is 0. The van der Waals surface area contributed by atoms with E-state index in [0.717, 1.165) is 43.9 Å². The number of aliphatic carboxylic acids is 1. The first kappa shape index (κ1) is 23.7. The van der Waals surface area contributed by atoms with Gasteiger partial charge in [0.05, 0.1) is 20.8 Å². The molecule has 2 N–H and O–H groups in total. The van der Waals surface area contributed by atoms with Gasteiger partial charge in [0.1, 0.15) is 5.54 Å². The van der Waals surface area contributed by atoms with Crippen molar-refractivity contribution in [2.45, 2.75) is 57.5 Å². The van der Waals surface area contributed by atoms with Crippen LogP contribution in [0.15, 0.2) is 12.1 Å². The number of nitrogens with zero attached hydrogens (tertiary/aromatic N) is 1. The van der Waals surface area contributed by atoms with Crippen molar-refractivity contribution < 1.29 is 28.9 Å². The number of alkyl carbamates (subject to hydrolysis) is 1. The van der Waals surface area contributed by atoms with E-state index in [9.17, 15) is 14.7 Å². The van der Waals surface area contributed by atoms with Crippen molar-refractivity contribution in [3.05, 3.63) is 23.3 Å². The minimum atomic E-state index is -1.13. The summed E-state index contributed by atoms with van der Waals surface area (Å²) in [6.45, 7) is 6.71. The third kappa shape index (κ3) is 4.90. The second-order valence-corrected chi connectivity index (χ2v) is 10.2. The lowest BCUT2D eigenvalue weighted by molar-refractivity contribution is -0.140. The maximum atomic E-state index is 12.4. The standard InChI is InChI=1S/C25H36N2O6/c1-15(2)9-17-13-27-8-5-16-11-21(31-3)22(32-4)12-19(16)20(27)10-18(17)14-33-24(30)26-25(6-7-25)23(28)29/h11-12,15,17-18,20H,5-10,13-14H2,1-4H3,(H,26,30)(H,28,29). The highest BCUT2D eigenvalue weighted by Gasteiger charge is 2.52. The Hall–Kier alpha value is -2.48. The second kappa shape index (κ2) is 9.41. The number of rotatable bonds is 8. The second-order valence-electron chi connectivity index (χ2n) is 10.2. The molecule has 182 valence electrons. The van der Waals surface area contributed by atoms with Gasteiger partial charge in [0, 0.05) is 19.1 Å². The molecule has 3 aliphatic rings. The smallest absolute Gasteiger partial charge is 0.408 e. The maximum absolute atomic E-state index is 12.4. The van der Waals surface area contributed by atoms with Crippen LogP contribution in [-0.2, 0) is 16.0 Å². The summed E-state index contributed by atoms with van der Waals surface area (Å²) in [5.41, 5.74) is 1.42. The molecule has 2 fully saturated rings. The normalized spacial score (nSPS) is 25.5. The van der Waals surface area contributed by atoms with Crippen LogP contribution in [-0.4, -0.2) is 61.5 Å². The van der Waals surface area contributed by atoms with Gasteiger partial charge in [0.15, 0.2) is 11.5 Å². The number of benzene rings is 1. The van der Waals surface area contributed by atoms with Crippen LogP contribution in [0.5, 0.6) is 11.5 Å². The molecule has 2 heterocycles. The van der Waals surface area contributed by atoms with Crippen molar-refractivity contribution in [2.75, 3.05) is 33.9 Å². The van der Waals surface area contributed by atoms with Crippen LogP contribution in [0.2, 0.25) is 0 Å². The van der Waals surface area contributed by atoms with Crippen molar-refractivity contribution in [1.82, 2.24) is 10.2 Å². The summed E-state index contributed by atoms with van der Waals surface area (Å²) in [6.07, 6.45) is 3.21. The first-order chi connectivity index (χ1) is 15.8. The molecule has 0 aromatic heterocycles. The highest BCUT2D eigenvalue weighted by atomic mass is 16.5. The molecule has 0 spiro atoms. The highest BCUT2D eigenvalue weighted by molar-refractivity contribution is 5.87. The summed E-state index contributed by atoms with van der Waals surface area (Å²) in [6, 6.07) is 4.43. The van der Waals surface area contributed by atoms with E-state index in [0.29, 0.717) is 31.3 Å². The molecule has 1 aliphatic carbocycles. The molecule has 1 aromatic carbocycles. The molecule has 8 nitrogen and oxygen atoms in total. The predicted molar refractivity (Wildman–Crippen MR) is 123 cm³/mol. The fraction of sp³-hybridized carbons (Fsp3) is 0.680. The SMILES string of the molecule is COc1cc2c(cc1OC)C1CC(COC(=O)NC3(C(=O)O)CC3)C(CC(C)C)CN1CC2. The van der Waals surface area contributed by atoms with Crippen LogP contribution in [0.4, 0.5) is 4.79 Å². The van der Waals surface area contributed by atoms with Gasteiger partial charge in [-0.15, -0.1) is 0 Å². The number of amides is 1. The molecular weight excluding hydrogens is 424 g/mol. The molecule has 1 saturated carbocycles. The Balaban J connectivity index is 1.50. The molecule has 33 heavy (non-hydrogen) atoms. The zero-order valence-electron chi connectivity index (χ0n) is 20.1. The molecule has 2 aliphatic heterocycles. The van der Waals surface area contributed by atoms with E-state index in [1.165, 1.54) is 11.1 Å². The summed E-state index contributed by atoms with van der Waals surface area (Å²) in [7, 11) is 3.31. The van der Waals surface area contributed by atoms with Crippen molar-refractivity contribution in [2.24, 2.45) is 17.8 Å². The monoisotopic (exact) mass is 460 g/mol. The Kier molecular flexibility index (Phi) is 6.75. The average Bonchev–Trinajstić information content (AvgIpc) is 3.57.